The molecule has 6 nitrogen and oxygen atoms in total. The van der Waals surface area contributed by atoms with Gasteiger partial charge in [0.05, 0.1) is 16.9 Å². The van der Waals surface area contributed by atoms with E-state index in [1.165, 1.54) is 17.2 Å². The van der Waals surface area contributed by atoms with Gasteiger partial charge >= 0.3 is 6.18 Å². The Morgan fingerprint density at radius 2 is 1.93 bits per heavy atom. The number of hydrogen-bond donors (Lipinski definition) is 1. The van der Waals surface area contributed by atoms with Crippen molar-refractivity contribution in [2.24, 2.45) is 0 Å². The van der Waals surface area contributed by atoms with Crippen LogP contribution in [0.3, 0.4) is 0 Å². The van der Waals surface area contributed by atoms with Crippen molar-refractivity contribution < 1.29 is 18.0 Å². The summed E-state index contributed by atoms with van der Waals surface area (Å²) in [5.41, 5.74) is 1.58. The van der Waals surface area contributed by atoms with Crippen molar-refractivity contribution in [1.29, 1.82) is 0 Å². The molecule has 2 aromatic heterocycles. The van der Waals surface area contributed by atoms with Crippen molar-refractivity contribution in [2.75, 3.05) is 5.32 Å². The first-order valence-electron chi connectivity index (χ1n) is 8.68. The molecule has 3 aromatic rings. The molecule has 1 aliphatic carbocycles. The van der Waals surface area contributed by atoms with E-state index >= 15 is 0 Å². The molecule has 9 heteroatoms. The van der Waals surface area contributed by atoms with Gasteiger partial charge in [0.25, 0.3) is 5.91 Å². The summed E-state index contributed by atoms with van der Waals surface area (Å²) < 4.78 is 40.5. The monoisotopic (exact) mass is 387 g/mol. The van der Waals surface area contributed by atoms with Crippen LogP contribution in [0.25, 0.3) is 5.69 Å². The summed E-state index contributed by atoms with van der Waals surface area (Å²) in [6.45, 7) is 1.70. The number of aromatic nitrogens is 4. The van der Waals surface area contributed by atoms with Crippen LogP contribution in [0, 0.1) is 6.92 Å². The van der Waals surface area contributed by atoms with E-state index in [1.54, 1.807) is 31.2 Å². The lowest BCUT2D eigenvalue weighted by Gasteiger charge is -2.09. The second kappa shape index (κ2) is 6.74. The highest BCUT2D eigenvalue weighted by molar-refractivity contribution is 6.04. The quantitative estimate of drug-likeness (QED) is 0.731. The van der Waals surface area contributed by atoms with Crippen LogP contribution in [-0.2, 0) is 6.18 Å². The minimum Gasteiger partial charge on any atom is -0.322 e. The Hall–Kier alpha value is -3.23. The molecule has 0 aliphatic heterocycles. The molecule has 0 radical (unpaired) electrons. The van der Waals surface area contributed by atoms with Gasteiger partial charge in [-0.15, -0.1) is 0 Å². The number of hydrogen-bond acceptors (Lipinski definition) is 4. The average Bonchev–Trinajstić information content (AvgIpc) is 3.39. The van der Waals surface area contributed by atoms with E-state index in [0.29, 0.717) is 28.3 Å². The van der Waals surface area contributed by atoms with E-state index in [2.05, 4.69) is 20.4 Å². The van der Waals surface area contributed by atoms with Crippen LogP contribution >= 0.6 is 0 Å². The van der Waals surface area contributed by atoms with Crippen LogP contribution in [-0.4, -0.2) is 25.7 Å². The fraction of sp³-hybridized carbons (Fsp3) is 0.263. The Morgan fingerprint density at radius 1 is 1.21 bits per heavy atom. The van der Waals surface area contributed by atoms with Crippen LogP contribution in [0.2, 0.25) is 0 Å². The number of rotatable bonds is 4. The number of nitrogens with one attached hydrogen (secondary N) is 1. The lowest BCUT2D eigenvalue weighted by Crippen LogP contribution is -2.14. The summed E-state index contributed by atoms with van der Waals surface area (Å²) >= 11 is 0. The Balaban J connectivity index is 1.58. The molecule has 0 bridgehead atoms. The summed E-state index contributed by atoms with van der Waals surface area (Å²) in [5, 5.41) is 6.48. The number of aryl methyl sites for hydroxylation is 1. The number of carbonyl (C=O) groups is 1. The maximum atomic E-state index is 13.0. The van der Waals surface area contributed by atoms with Gasteiger partial charge in [0, 0.05) is 23.5 Å². The first-order chi connectivity index (χ1) is 13.3. The van der Waals surface area contributed by atoms with Gasteiger partial charge in [-0.2, -0.15) is 18.3 Å². The van der Waals surface area contributed by atoms with E-state index in [-0.39, 0.29) is 11.8 Å². The summed E-state index contributed by atoms with van der Waals surface area (Å²) in [6.07, 6.45) is 0.0116. The van der Waals surface area contributed by atoms with Gasteiger partial charge in [0.15, 0.2) is 5.69 Å². The van der Waals surface area contributed by atoms with E-state index in [4.69, 9.17) is 0 Å². The lowest BCUT2D eigenvalue weighted by molar-refractivity contribution is -0.141. The third-order valence-electron chi connectivity index (χ3n) is 4.55. The van der Waals surface area contributed by atoms with E-state index in [1.807, 2.05) is 0 Å². The molecule has 0 atom stereocenters. The SMILES string of the molecule is Cc1ncncc1C(=O)Nc1ccc(-n2nc(C(F)(F)F)cc2C2CC2)cc1. The van der Waals surface area contributed by atoms with E-state index in [0.717, 1.165) is 18.9 Å². The van der Waals surface area contributed by atoms with Crippen LogP contribution in [0.1, 0.15) is 46.2 Å². The normalized spacial score (nSPS) is 14.1. The second-order valence-corrected chi connectivity index (χ2v) is 6.66. The highest BCUT2D eigenvalue weighted by atomic mass is 19.4. The molecular formula is C19H16F3N5O. The highest BCUT2D eigenvalue weighted by Gasteiger charge is 2.38. The molecule has 1 saturated carbocycles. The van der Waals surface area contributed by atoms with Crippen molar-refractivity contribution in [3.8, 4) is 5.69 Å². The number of amides is 1. The first-order valence-corrected chi connectivity index (χ1v) is 8.68. The zero-order valence-electron chi connectivity index (χ0n) is 14.9. The molecule has 4 rings (SSSR count). The molecule has 28 heavy (non-hydrogen) atoms. The second-order valence-electron chi connectivity index (χ2n) is 6.66. The maximum absolute atomic E-state index is 13.0. The summed E-state index contributed by atoms with van der Waals surface area (Å²) in [6, 6.07) is 7.62. The molecule has 1 aromatic carbocycles. The molecule has 1 N–H and O–H groups in total. The number of benzene rings is 1. The molecule has 2 heterocycles. The lowest BCUT2D eigenvalue weighted by atomic mass is 10.2. The number of halogens is 3. The topological polar surface area (TPSA) is 72.7 Å². The van der Waals surface area contributed by atoms with Gasteiger partial charge in [-0.05, 0) is 50.1 Å². The van der Waals surface area contributed by atoms with Gasteiger partial charge in [-0.1, -0.05) is 0 Å². The van der Waals surface area contributed by atoms with Crippen LogP contribution in [0.4, 0.5) is 18.9 Å². The van der Waals surface area contributed by atoms with Crippen LogP contribution < -0.4 is 5.32 Å². The molecule has 144 valence electrons. The smallest absolute Gasteiger partial charge is 0.322 e. The van der Waals surface area contributed by atoms with Crippen molar-refractivity contribution in [2.45, 2.75) is 31.9 Å². The minimum absolute atomic E-state index is 0.101. The Morgan fingerprint density at radius 3 is 2.54 bits per heavy atom. The molecule has 1 amide bonds. The molecule has 0 spiro atoms. The molecule has 0 unspecified atom stereocenters. The fourth-order valence-corrected chi connectivity index (χ4v) is 2.91. The standard InChI is InChI=1S/C19H16F3N5O/c1-11-15(9-23-10-24-11)18(28)25-13-4-6-14(7-5-13)27-16(12-2-3-12)8-17(26-27)19(20,21)22/h4-10,12H,2-3H2,1H3,(H,25,28). The predicted octanol–water partition coefficient (Wildman–Crippen LogP) is 4.12. The largest absolute Gasteiger partial charge is 0.435 e. The van der Waals surface area contributed by atoms with Crippen molar-refractivity contribution in [1.82, 2.24) is 19.7 Å². The van der Waals surface area contributed by atoms with Crippen LogP contribution in [0.5, 0.6) is 0 Å². The van der Waals surface area contributed by atoms with Gasteiger partial charge in [0.2, 0.25) is 0 Å². The highest BCUT2D eigenvalue weighted by Crippen LogP contribution is 2.43. The van der Waals surface area contributed by atoms with Crippen molar-refractivity contribution >= 4 is 11.6 Å². The minimum atomic E-state index is -4.49. The van der Waals surface area contributed by atoms with Crippen molar-refractivity contribution in [3.05, 3.63) is 65.5 Å². The van der Waals surface area contributed by atoms with E-state index < -0.39 is 11.9 Å². The molecule has 0 saturated heterocycles. The fourth-order valence-electron chi connectivity index (χ4n) is 2.91. The van der Waals surface area contributed by atoms with Crippen LogP contribution in [0.15, 0.2) is 42.9 Å². The zero-order valence-corrected chi connectivity index (χ0v) is 14.9. The van der Waals surface area contributed by atoms with Gasteiger partial charge in [0.1, 0.15) is 6.33 Å². The molecule has 1 fully saturated rings. The summed E-state index contributed by atoms with van der Waals surface area (Å²) in [4.78, 5) is 20.1. The summed E-state index contributed by atoms with van der Waals surface area (Å²) in [5.74, 6) is -0.257. The van der Waals surface area contributed by atoms with Crippen molar-refractivity contribution in [3.63, 3.8) is 0 Å². The molecule has 1 aliphatic rings. The Kier molecular flexibility index (Phi) is 4.37. The van der Waals surface area contributed by atoms with E-state index in [9.17, 15) is 18.0 Å². The zero-order chi connectivity index (χ0) is 19.9. The number of alkyl halides is 3. The molecular weight excluding hydrogens is 371 g/mol. The number of nitrogens with zero attached hydrogens (tertiary/aromatic N) is 4. The average molecular weight is 387 g/mol. The predicted molar refractivity (Wildman–Crippen MR) is 95.3 cm³/mol. The van der Waals surface area contributed by atoms with Gasteiger partial charge in [-0.25, -0.2) is 14.6 Å². The maximum Gasteiger partial charge on any atom is 0.435 e. The summed E-state index contributed by atoms with van der Waals surface area (Å²) in [7, 11) is 0. The third kappa shape index (κ3) is 3.60. The third-order valence-corrected chi connectivity index (χ3v) is 4.55. The number of anilines is 1. The first kappa shape index (κ1) is 18.1. The van der Waals surface area contributed by atoms with Gasteiger partial charge < -0.3 is 5.32 Å². The number of carbonyl (C=O) groups excluding carboxylic acids is 1. The Labute approximate surface area is 158 Å². The Bertz CT molecular complexity index is 1020. The van der Waals surface area contributed by atoms with Gasteiger partial charge in [-0.3, -0.25) is 4.79 Å².